The molecular formula is C20H23NO6S. The molecule has 1 aliphatic rings. The average molecular weight is 405 g/mol. The Hall–Kier alpha value is -2.61. The summed E-state index contributed by atoms with van der Waals surface area (Å²) in [7, 11) is -3.05. The first-order chi connectivity index (χ1) is 13.1. The fourth-order valence-corrected chi connectivity index (χ4v) is 5.41. The molecule has 0 aliphatic carbocycles. The van der Waals surface area contributed by atoms with E-state index in [1.165, 1.54) is 6.07 Å². The predicted octanol–water partition coefficient (Wildman–Crippen LogP) is 2.52. The zero-order chi connectivity index (χ0) is 20.6. The Morgan fingerprint density at radius 2 is 1.93 bits per heavy atom. The lowest BCUT2D eigenvalue weighted by Gasteiger charge is -2.16. The van der Waals surface area contributed by atoms with Crippen LogP contribution < -0.4 is 0 Å². The highest BCUT2D eigenvalue weighted by atomic mass is 32.2. The molecule has 150 valence electrons. The van der Waals surface area contributed by atoms with E-state index in [1.807, 2.05) is 11.5 Å². The number of carbonyl (C=O) groups is 2. The van der Waals surface area contributed by atoms with Crippen molar-refractivity contribution < 1.29 is 27.9 Å². The molecule has 1 N–H and O–H groups in total. The summed E-state index contributed by atoms with van der Waals surface area (Å²) in [5.41, 5.74) is 2.41. The lowest BCUT2D eigenvalue weighted by molar-refractivity contribution is 0.0471. The number of phenolic OH excluding ortho intramolecular Hbond substituents is 1. The van der Waals surface area contributed by atoms with Gasteiger partial charge in [0.2, 0.25) is 5.78 Å². The minimum atomic E-state index is -3.05. The second-order valence-electron chi connectivity index (χ2n) is 7.18. The van der Waals surface area contributed by atoms with Crippen LogP contribution in [0.4, 0.5) is 0 Å². The largest absolute Gasteiger partial charge is 0.507 e. The van der Waals surface area contributed by atoms with Crippen LogP contribution >= 0.6 is 0 Å². The fourth-order valence-electron chi connectivity index (χ4n) is 3.71. The van der Waals surface area contributed by atoms with Crippen LogP contribution in [0.3, 0.4) is 0 Å². The molecule has 7 nitrogen and oxygen atoms in total. The highest BCUT2D eigenvalue weighted by Crippen LogP contribution is 2.29. The van der Waals surface area contributed by atoms with Crippen LogP contribution in [0.25, 0.3) is 0 Å². The van der Waals surface area contributed by atoms with E-state index in [0.29, 0.717) is 23.2 Å². The number of carbonyl (C=O) groups excluding carboxylic acids is 2. The van der Waals surface area contributed by atoms with Gasteiger partial charge in [0, 0.05) is 23.0 Å². The number of ketones is 1. The quantitative estimate of drug-likeness (QED) is 0.606. The molecule has 1 aromatic carbocycles. The van der Waals surface area contributed by atoms with E-state index >= 15 is 0 Å². The van der Waals surface area contributed by atoms with Gasteiger partial charge in [-0.3, -0.25) is 4.79 Å². The van der Waals surface area contributed by atoms with E-state index in [-0.39, 0.29) is 34.6 Å². The lowest BCUT2D eigenvalue weighted by atomic mass is 10.1. The van der Waals surface area contributed by atoms with E-state index in [1.54, 1.807) is 32.0 Å². The molecule has 1 aromatic heterocycles. The third-order valence-corrected chi connectivity index (χ3v) is 6.90. The van der Waals surface area contributed by atoms with Crippen molar-refractivity contribution in [2.75, 3.05) is 18.1 Å². The van der Waals surface area contributed by atoms with Gasteiger partial charge in [-0.1, -0.05) is 12.1 Å². The summed E-state index contributed by atoms with van der Waals surface area (Å²) in [5.74, 6) is -1.10. The maximum absolute atomic E-state index is 12.6. The van der Waals surface area contributed by atoms with Gasteiger partial charge in [0.15, 0.2) is 16.4 Å². The van der Waals surface area contributed by atoms with Crippen molar-refractivity contribution in [3.05, 3.63) is 52.3 Å². The molecule has 2 aromatic rings. The van der Waals surface area contributed by atoms with Crippen LogP contribution in [0.15, 0.2) is 24.3 Å². The minimum absolute atomic E-state index is 0.00874. The maximum atomic E-state index is 12.6. The third kappa shape index (κ3) is 3.82. The summed E-state index contributed by atoms with van der Waals surface area (Å²) in [6.07, 6.45) is 0.522. The van der Waals surface area contributed by atoms with Gasteiger partial charge < -0.3 is 14.4 Å². The Kier molecular flexibility index (Phi) is 5.34. The molecule has 28 heavy (non-hydrogen) atoms. The number of benzene rings is 1. The van der Waals surface area contributed by atoms with E-state index in [0.717, 1.165) is 5.69 Å². The van der Waals surface area contributed by atoms with Crippen molar-refractivity contribution in [3.8, 4) is 5.75 Å². The minimum Gasteiger partial charge on any atom is -0.507 e. The maximum Gasteiger partial charge on any atom is 0.342 e. The molecule has 8 heteroatoms. The van der Waals surface area contributed by atoms with Crippen LogP contribution in [-0.2, 0) is 14.6 Å². The normalized spacial score (nSPS) is 18.2. The topological polar surface area (TPSA) is 103 Å². The zero-order valence-electron chi connectivity index (χ0n) is 16.1. The molecule has 0 bridgehead atoms. The molecule has 0 saturated carbocycles. The summed E-state index contributed by atoms with van der Waals surface area (Å²) < 4.78 is 30.5. The monoisotopic (exact) mass is 405 g/mol. The van der Waals surface area contributed by atoms with Crippen molar-refractivity contribution in [2.24, 2.45) is 0 Å². The molecule has 1 aliphatic heterocycles. The molecule has 0 radical (unpaired) electrons. The van der Waals surface area contributed by atoms with Crippen LogP contribution in [-0.4, -0.2) is 48.0 Å². The second-order valence-corrected chi connectivity index (χ2v) is 9.41. The Morgan fingerprint density at radius 1 is 1.21 bits per heavy atom. The van der Waals surface area contributed by atoms with Crippen LogP contribution in [0.1, 0.15) is 50.1 Å². The van der Waals surface area contributed by atoms with Gasteiger partial charge in [0.1, 0.15) is 11.3 Å². The number of rotatable bonds is 5. The van der Waals surface area contributed by atoms with Crippen molar-refractivity contribution in [2.45, 2.75) is 33.2 Å². The smallest absolute Gasteiger partial charge is 0.342 e. The fraction of sp³-hybridized carbons (Fsp3) is 0.400. The number of hydrogen-bond donors (Lipinski definition) is 1. The number of hydrogen-bond acceptors (Lipinski definition) is 6. The number of nitrogens with zero attached hydrogens (tertiary/aromatic N) is 1. The lowest BCUT2D eigenvalue weighted by Crippen LogP contribution is -2.17. The summed E-state index contributed by atoms with van der Waals surface area (Å²) in [6.45, 7) is 4.79. The Labute approximate surface area is 163 Å². The van der Waals surface area contributed by atoms with Gasteiger partial charge in [0.25, 0.3) is 0 Å². The highest BCUT2D eigenvalue weighted by molar-refractivity contribution is 7.91. The van der Waals surface area contributed by atoms with Crippen LogP contribution in [0.2, 0.25) is 0 Å². The number of phenols is 1. The molecular weight excluding hydrogens is 382 g/mol. The van der Waals surface area contributed by atoms with Gasteiger partial charge in [0.05, 0.1) is 11.5 Å². The van der Waals surface area contributed by atoms with Crippen molar-refractivity contribution in [1.82, 2.24) is 4.57 Å². The van der Waals surface area contributed by atoms with E-state index in [9.17, 15) is 23.1 Å². The molecule has 1 atom stereocenters. The number of aromatic nitrogens is 1. The van der Waals surface area contributed by atoms with Gasteiger partial charge in [-0.15, -0.1) is 0 Å². The molecule has 2 heterocycles. The van der Waals surface area contributed by atoms with Gasteiger partial charge >= 0.3 is 5.97 Å². The number of para-hydroxylation sites is 1. The highest BCUT2D eigenvalue weighted by Gasteiger charge is 2.31. The van der Waals surface area contributed by atoms with Gasteiger partial charge in [-0.25, -0.2) is 13.2 Å². The summed E-state index contributed by atoms with van der Waals surface area (Å²) >= 11 is 0. The Morgan fingerprint density at radius 3 is 2.57 bits per heavy atom. The standard InChI is InChI=1S/C20H23NO6S/c1-12-5-4-6-16(19(12)23)20(24)27-10-18(22)17-9-13(2)21(14(17)3)15-7-8-28(25,26)11-15/h4-6,9,15,23H,7-8,10-11H2,1-3H3. The first kappa shape index (κ1) is 20.1. The molecule has 1 unspecified atom stereocenters. The average Bonchev–Trinajstić information content (AvgIpc) is 3.13. The SMILES string of the molecule is Cc1cccc(C(=O)OCC(=O)c2cc(C)n(C3CCS(=O)(=O)C3)c2C)c1O. The van der Waals surface area contributed by atoms with Crippen molar-refractivity contribution in [1.29, 1.82) is 0 Å². The van der Waals surface area contributed by atoms with Gasteiger partial charge in [-0.05, 0) is 44.9 Å². The Bertz CT molecular complexity index is 1050. The number of esters is 1. The van der Waals surface area contributed by atoms with Crippen molar-refractivity contribution in [3.63, 3.8) is 0 Å². The van der Waals surface area contributed by atoms with Gasteiger partial charge in [-0.2, -0.15) is 0 Å². The zero-order valence-corrected chi connectivity index (χ0v) is 16.9. The molecule has 1 fully saturated rings. The molecule has 0 amide bonds. The van der Waals surface area contributed by atoms with Crippen LogP contribution in [0, 0.1) is 20.8 Å². The van der Waals surface area contributed by atoms with Crippen LogP contribution in [0.5, 0.6) is 5.75 Å². The van der Waals surface area contributed by atoms with E-state index in [4.69, 9.17) is 4.74 Å². The molecule has 0 spiro atoms. The predicted molar refractivity (Wildman–Crippen MR) is 104 cm³/mol. The van der Waals surface area contributed by atoms with Crippen molar-refractivity contribution >= 4 is 21.6 Å². The summed E-state index contributed by atoms with van der Waals surface area (Å²) in [5, 5.41) is 9.96. The van der Waals surface area contributed by atoms with E-state index < -0.39 is 22.4 Å². The van der Waals surface area contributed by atoms with E-state index in [2.05, 4.69) is 0 Å². The Balaban J connectivity index is 1.74. The molecule has 1 saturated heterocycles. The number of sulfone groups is 1. The summed E-state index contributed by atoms with van der Waals surface area (Å²) in [4.78, 5) is 24.8. The number of Topliss-reactive ketones (excluding diaryl/α,β-unsaturated/α-hetero) is 1. The first-order valence-electron chi connectivity index (χ1n) is 8.98. The number of aromatic hydroxyl groups is 1. The first-order valence-corrected chi connectivity index (χ1v) is 10.8. The number of ether oxygens (including phenoxy) is 1. The summed E-state index contributed by atoms with van der Waals surface area (Å²) in [6, 6.07) is 6.23. The second kappa shape index (κ2) is 7.43. The third-order valence-electron chi connectivity index (χ3n) is 5.15. The molecule has 3 rings (SSSR count). The number of aryl methyl sites for hydroxylation is 2.